The van der Waals surface area contributed by atoms with Crippen molar-refractivity contribution in [2.75, 3.05) is 5.32 Å². The second-order valence-electron chi connectivity index (χ2n) is 5.12. The van der Waals surface area contributed by atoms with Crippen LogP contribution in [0.15, 0.2) is 51.7 Å². The Labute approximate surface area is 122 Å². The number of hydrogen-bond acceptors (Lipinski definition) is 4. The lowest BCUT2D eigenvalue weighted by atomic mass is 10.1. The van der Waals surface area contributed by atoms with E-state index >= 15 is 0 Å². The number of rotatable bonds is 3. The summed E-state index contributed by atoms with van der Waals surface area (Å²) < 4.78 is 5.26. The minimum absolute atomic E-state index is 0.251. The standard InChI is InChI=1S/C17H16N2O2/c1-11-8-12(2)15-14(9-11)19-17(21-16(15)20)18-10-13-6-4-3-5-7-13/h3-9H,10H2,1-2H3,(H,18,19). The van der Waals surface area contributed by atoms with E-state index in [4.69, 9.17) is 4.42 Å². The van der Waals surface area contributed by atoms with Crippen LogP contribution in [-0.2, 0) is 6.54 Å². The Hall–Kier alpha value is -2.62. The van der Waals surface area contributed by atoms with Crippen molar-refractivity contribution in [2.45, 2.75) is 20.4 Å². The molecule has 0 saturated carbocycles. The Bertz CT molecular complexity index is 839. The van der Waals surface area contributed by atoms with E-state index in [1.165, 1.54) is 0 Å². The zero-order chi connectivity index (χ0) is 14.8. The van der Waals surface area contributed by atoms with Gasteiger partial charge in [0.1, 0.15) is 0 Å². The maximum Gasteiger partial charge on any atom is 0.348 e. The molecule has 0 aliphatic carbocycles. The van der Waals surface area contributed by atoms with Gasteiger partial charge in [0.05, 0.1) is 10.9 Å². The van der Waals surface area contributed by atoms with Gasteiger partial charge < -0.3 is 9.73 Å². The van der Waals surface area contributed by atoms with Gasteiger partial charge in [0, 0.05) is 6.54 Å². The number of hydrogen-bond donors (Lipinski definition) is 1. The monoisotopic (exact) mass is 280 g/mol. The summed E-state index contributed by atoms with van der Waals surface area (Å²) >= 11 is 0. The number of aromatic nitrogens is 1. The number of aryl methyl sites for hydroxylation is 2. The highest BCUT2D eigenvalue weighted by atomic mass is 16.4. The van der Waals surface area contributed by atoms with Crippen molar-refractivity contribution in [1.29, 1.82) is 0 Å². The van der Waals surface area contributed by atoms with Gasteiger partial charge in [-0.1, -0.05) is 36.4 Å². The van der Waals surface area contributed by atoms with E-state index in [9.17, 15) is 4.79 Å². The molecular weight excluding hydrogens is 264 g/mol. The highest BCUT2D eigenvalue weighted by Crippen LogP contribution is 2.17. The number of anilines is 1. The van der Waals surface area contributed by atoms with Gasteiger partial charge >= 0.3 is 5.63 Å². The van der Waals surface area contributed by atoms with Gasteiger partial charge in [0.15, 0.2) is 0 Å². The molecule has 4 nitrogen and oxygen atoms in total. The van der Waals surface area contributed by atoms with Crippen molar-refractivity contribution in [3.63, 3.8) is 0 Å². The van der Waals surface area contributed by atoms with E-state index in [0.717, 1.165) is 16.7 Å². The fourth-order valence-corrected chi connectivity index (χ4v) is 2.42. The molecular formula is C17H16N2O2. The normalized spacial score (nSPS) is 10.8. The molecule has 0 unspecified atom stereocenters. The zero-order valence-electron chi connectivity index (χ0n) is 12.0. The Morgan fingerprint density at radius 1 is 1.14 bits per heavy atom. The molecule has 0 aliphatic rings. The van der Waals surface area contributed by atoms with Crippen molar-refractivity contribution in [3.8, 4) is 0 Å². The molecule has 3 aromatic rings. The average molecular weight is 280 g/mol. The maximum atomic E-state index is 12.1. The zero-order valence-corrected chi connectivity index (χ0v) is 12.0. The van der Waals surface area contributed by atoms with Crippen LogP contribution in [0.1, 0.15) is 16.7 Å². The lowest BCUT2D eigenvalue weighted by molar-refractivity contribution is 0.516. The molecule has 1 aromatic heterocycles. The lowest BCUT2D eigenvalue weighted by Crippen LogP contribution is -2.09. The molecule has 1 N–H and O–H groups in total. The predicted molar refractivity (Wildman–Crippen MR) is 83.5 cm³/mol. The summed E-state index contributed by atoms with van der Waals surface area (Å²) in [5.41, 5.74) is 3.38. The number of benzene rings is 2. The fourth-order valence-electron chi connectivity index (χ4n) is 2.42. The van der Waals surface area contributed by atoms with Gasteiger partial charge in [-0.25, -0.2) is 4.79 Å². The Kier molecular flexibility index (Phi) is 3.44. The first-order valence-corrected chi connectivity index (χ1v) is 6.83. The highest BCUT2D eigenvalue weighted by Gasteiger charge is 2.09. The van der Waals surface area contributed by atoms with E-state index in [1.54, 1.807) is 0 Å². The summed E-state index contributed by atoms with van der Waals surface area (Å²) in [7, 11) is 0. The summed E-state index contributed by atoms with van der Waals surface area (Å²) in [4.78, 5) is 16.5. The smallest absolute Gasteiger partial charge is 0.348 e. The molecule has 0 amide bonds. The Morgan fingerprint density at radius 2 is 1.90 bits per heavy atom. The van der Waals surface area contributed by atoms with E-state index < -0.39 is 0 Å². The summed E-state index contributed by atoms with van der Waals surface area (Å²) in [5, 5.41) is 3.60. The molecule has 0 bridgehead atoms. The minimum atomic E-state index is -0.354. The van der Waals surface area contributed by atoms with Crippen molar-refractivity contribution < 1.29 is 4.42 Å². The van der Waals surface area contributed by atoms with E-state index in [1.807, 2.05) is 56.3 Å². The van der Waals surface area contributed by atoms with Gasteiger partial charge in [0.25, 0.3) is 6.01 Å². The van der Waals surface area contributed by atoms with Crippen LogP contribution in [0.5, 0.6) is 0 Å². The van der Waals surface area contributed by atoms with Crippen LogP contribution in [0.3, 0.4) is 0 Å². The molecule has 0 spiro atoms. The number of nitrogens with zero attached hydrogens (tertiary/aromatic N) is 1. The number of nitrogens with one attached hydrogen (secondary N) is 1. The molecule has 106 valence electrons. The Balaban J connectivity index is 1.95. The minimum Gasteiger partial charge on any atom is -0.389 e. The molecule has 3 rings (SSSR count). The molecule has 2 aromatic carbocycles. The van der Waals surface area contributed by atoms with Crippen molar-refractivity contribution >= 4 is 16.9 Å². The van der Waals surface area contributed by atoms with Gasteiger partial charge in [-0.05, 0) is 36.6 Å². The highest BCUT2D eigenvalue weighted by molar-refractivity contribution is 5.82. The summed E-state index contributed by atoms with van der Waals surface area (Å²) in [5.74, 6) is 0. The largest absolute Gasteiger partial charge is 0.389 e. The number of fused-ring (bicyclic) bond motifs is 1. The quantitative estimate of drug-likeness (QED) is 0.798. The molecule has 0 atom stereocenters. The summed E-state index contributed by atoms with van der Waals surface area (Å²) in [6.07, 6.45) is 0. The first kappa shape index (κ1) is 13.4. The van der Waals surface area contributed by atoms with E-state index in [0.29, 0.717) is 17.4 Å². The first-order valence-electron chi connectivity index (χ1n) is 6.83. The van der Waals surface area contributed by atoms with Crippen LogP contribution in [0.25, 0.3) is 10.9 Å². The fraction of sp³-hybridized carbons (Fsp3) is 0.176. The van der Waals surface area contributed by atoms with Crippen LogP contribution in [0, 0.1) is 13.8 Å². The molecule has 0 radical (unpaired) electrons. The third kappa shape index (κ3) is 2.79. The van der Waals surface area contributed by atoms with E-state index in [-0.39, 0.29) is 11.6 Å². The third-order valence-electron chi connectivity index (χ3n) is 3.36. The van der Waals surface area contributed by atoms with Crippen LogP contribution in [0.4, 0.5) is 6.01 Å². The first-order chi connectivity index (χ1) is 10.1. The molecule has 0 aliphatic heterocycles. The predicted octanol–water partition coefficient (Wildman–Crippen LogP) is 3.42. The van der Waals surface area contributed by atoms with Crippen molar-refractivity contribution in [2.24, 2.45) is 0 Å². The molecule has 1 heterocycles. The molecule has 4 heteroatoms. The second kappa shape index (κ2) is 5.40. The van der Waals surface area contributed by atoms with Crippen molar-refractivity contribution in [1.82, 2.24) is 4.98 Å². The van der Waals surface area contributed by atoms with E-state index in [2.05, 4.69) is 10.3 Å². The van der Waals surface area contributed by atoms with Gasteiger partial charge in [0.2, 0.25) is 0 Å². The summed E-state index contributed by atoms with van der Waals surface area (Å²) in [6, 6.07) is 14.0. The maximum absolute atomic E-state index is 12.1. The third-order valence-corrected chi connectivity index (χ3v) is 3.36. The Morgan fingerprint density at radius 3 is 2.67 bits per heavy atom. The van der Waals surface area contributed by atoms with Crippen LogP contribution in [-0.4, -0.2) is 4.98 Å². The molecule has 0 saturated heterocycles. The second-order valence-corrected chi connectivity index (χ2v) is 5.12. The summed E-state index contributed by atoms with van der Waals surface area (Å²) in [6.45, 7) is 4.44. The average Bonchev–Trinajstić information content (AvgIpc) is 2.45. The van der Waals surface area contributed by atoms with Crippen molar-refractivity contribution in [3.05, 3.63) is 69.6 Å². The van der Waals surface area contributed by atoms with Crippen LogP contribution < -0.4 is 10.9 Å². The van der Waals surface area contributed by atoms with Crippen LogP contribution in [0.2, 0.25) is 0 Å². The van der Waals surface area contributed by atoms with Gasteiger partial charge in [-0.3, -0.25) is 0 Å². The molecule has 0 fully saturated rings. The lowest BCUT2D eigenvalue weighted by Gasteiger charge is -2.07. The van der Waals surface area contributed by atoms with Gasteiger partial charge in [-0.15, -0.1) is 0 Å². The SMILES string of the molecule is Cc1cc(C)c2c(=O)oc(NCc3ccccc3)nc2c1. The van der Waals surface area contributed by atoms with Crippen LogP contribution >= 0.6 is 0 Å². The molecule has 21 heavy (non-hydrogen) atoms. The topological polar surface area (TPSA) is 55.1 Å². The van der Waals surface area contributed by atoms with Gasteiger partial charge in [-0.2, -0.15) is 4.98 Å².